The van der Waals surface area contributed by atoms with E-state index in [0.717, 1.165) is 43.7 Å². The van der Waals surface area contributed by atoms with Crippen LogP contribution in [0.2, 0.25) is 0 Å². The van der Waals surface area contributed by atoms with Crippen molar-refractivity contribution in [1.82, 2.24) is 4.90 Å². The molecule has 1 atom stereocenters. The van der Waals surface area contributed by atoms with Crippen molar-refractivity contribution in [2.45, 2.75) is 25.4 Å². The normalized spacial score (nSPS) is 16.2. The van der Waals surface area contributed by atoms with Crippen molar-refractivity contribution in [1.29, 1.82) is 0 Å². The van der Waals surface area contributed by atoms with Crippen molar-refractivity contribution >= 4 is 11.6 Å². The maximum absolute atomic E-state index is 11.7. The number of amides is 1. The molecule has 0 bridgehead atoms. The summed E-state index contributed by atoms with van der Waals surface area (Å²) in [6.07, 6.45) is 2.27. The topological polar surface area (TPSA) is 111 Å². The highest BCUT2D eigenvalue weighted by Crippen LogP contribution is 2.29. The fourth-order valence-corrected chi connectivity index (χ4v) is 3.92. The van der Waals surface area contributed by atoms with Crippen LogP contribution in [-0.4, -0.2) is 55.4 Å². The number of hydrogen-bond acceptors (Lipinski definition) is 6. The number of para-hydroxylation sites is 1. The van der Waals surface area contributed by atoms with E-state index in [4.69, 9.17) is 20.9 Å². The molecule has 0 spiro atoms. The molecule has 1 heterocycles. The van der Waals surface area contributed by atoms with E-state index in [1.54, 1.807) is 12.1 Å². The maximum Gasteiger partial charge on any atom is 0.252 e. The van der Waals surface area contributed by atoms with Gasteiger partial charge in [0.15, 0.2) is 0 Å². The van der Waals surface area contributed by atoms with Crippen LogP contribution in [0.15, 0.2) is 42.5 Å². The van der Waals surface area contributed by atoms with Crippen molar-refractivity contribution < 1.29 is 19.4 Å². The van der Waals surface area contributed by atoms with Gasteiger partial charge in [-0.3, -0.25) is 4.79 Å². The van der Waals surface area contributed by atoms with Crippen LogP contribution >= 0.6 is 0 Å². The number of carbonyl (C=O) groups is 1. The molecule has 7 nitrogen and oxygen atoms in total. The third-order valence-corrected chi connectivity index (χ3v) is 5.60. The Bertz CT molecular complexity index is 836. The van der Waals surface area contributed by atoms with E-state index in [9.17, 15) is 9.90 Å². The monoisotopic (exact) mass is 413 g/mol. The third-order valence-electron chi connectivity index (χ3n) is 5.60. The second-order valence-electron chi connectivity index (χ2n) is 7.84. The fraction of sp³-hybridized carbons (Fsp3) is 0.435. The van der Waals surface area contributed by atoms with Gasteiger partial charge in [-0.1, -0.05) is 18.2 Å². The molecule has 0 radical (unpaired) electrons. The Labute approximate surface area is 177 Å². The van der Waals surface area contributed by atoms with Gasteiger partial charge in [0.25, 0.3) is 5.91 Å². The Morgan fingerprint density at radius 1 is 1.23 bits per heavy atom. The number of likely N-dealkylation sites (tertiary alicyclic amines) is 1. The van der Waals surface area contributed by atoms with Gasteiger partial charge in [0.05, 0.1) is 12.7 Å². The average Bonchev–Trinajstić information content (AvgIpc) is 2.75. The lowest BCUT2D eigenvalue weighted by Crippen LogP contribution is -2.41. The summed E-state index contributed by atoms with van der Waals surface area (Å²) in [4.78, 5) is 14.0. The molecule has 1 fully saturated rings. The Kier molecular flexibility index (Phi) is 7.54. The van der Waals surface area contributed by atoms with Gasteiger partial charge >= 0.3 is 0 Å². The minimum Gasteiger partial charge on any atom is -0.496 e. The number of primary amides is 1. The van der Waals surface area contributed by atoms with E-state index in [0.29, 0.717) is 29.5 Å². The van der Waals surface area contributed by atoms with Gasteiger partial charge in [-0.25, -0.2) is 0 Å². The Balaban J connectivity index is 1.47. The summed E-state index contributed by atoms with van der Waals surface area (Å²) >= 11 is 0. The molecule has 1 amide bonds. The number of carbonyl (C=O) groups excluding carboxylic acids is 1. The number of nitrogens with two attached hydrogens (primary N) is 2. The molecule has 0 aliphatic carbocycles. The lowest BCUT2D eigenvalue weighted by Gasteiger charge is -2.33. The number of β-amino-alcohol motifs (C(OH)–C–C–N with tert-alkyl or cyclic N) is 1. The molecule has 1 saturated heterocycles. The van der Waals surface area contributed by atoms with E-state index in [1.165, 1.54) is 7.11 Å². The second kappa shape index (κ2) is 10.3. The number of aliphatic hydroxyl groups is 1. The molecule has 0 aromatic heterocycles. The molecule has 162 valence electrons. The number of methoxy groups -OCH3 is 1. The molecule has 0 saturated carbocycles. The summed E-state index contributed by atoms with van der Waals surface area (Å²) in [5.41, 5.74) is 13.5. The first-order valence-electron chi connectivity index (χ1n) is 10.3. The number of benzene rings is 2. The highest BCUT2D eigenvalue weighted by Gasteiger charge is 2.23. The van der Waals surface area contributed by atoms with E-state index in [-0.39, 0.29) is 6.61 Å². The molecule has 3 rings (SSSR count). The van der Waals surface area contributed by atoms with Crippen LogP contribution in [-0.2, 0) is 6.42 Å². The molecule has 1 aliphatic heterocycles. The summed E-state index contributed by atoms with van der Waals surface area (Å²) in [6, 6.07) is 12.9. The van der Waals surface area contributed by atoms with E-state index >= 15 is 0 Å². The van der Waals surface area contributed by atoms with Crippen LogP contribution in [0.25, 0.3) is 0 Å². The van der Waals surface area contributed by atoms with Crippen LogP contribution in [0, 0.1) is 5.92 Å². The predicted molar refractivity (Wildman–Crippen MR) is 117 cm³/mol. The number of ether oxygens (including phenoxy) is 2. The maximum atomic E-state index is 11.7. The number of nitrogen functional groups attached to an aromatic ring is 1. The zero-order valence-electron chi connectivity index (χ0n) is 17.4. The summed E-state index contributed by atoms with van der Waals surface area (Å²) in [5, 5.41) is 10.3. The minimum absolute atomic E-state index is 0.280. The number of rotatable bonds is 9. The van der Waals surface area contributed by atoms with Crippen molar-refractivity contribution in [2.75, 3.05) is 39.1 Å². The van der Waals surface area contributed by atoms with Gasteiger partial charge in [0, 0.05) is 18.3 Å². The van der Waals surface area contributed by atoms with Crippen LogP contribution in [0.4, 0.5) is 5.69 Å². The molecule has 5 N–H and O–H groups in total. The predicted octanol–water partition coefficient (Wildman–Crippen LogP) is 2.07. The van der Waals surface area contributed by atoms with Gasteiger partial charge in [-0.15, -0.1) is 0 Å². The van der Waals surface area contributed by atoms with Crippen molar-refractivity contribution in [3.05, 3.63) is 53.6 Å². The first-order valence-corrected chi connectivity index (χ1v) is 10.3. The second-order valence-corrected chi connectivity index (χ2v) is 7.84. The average molecular weight is 414 g/mol. The van der Waals surface area contributed by atoms with Crippen LogP contribution in [0.5, 0.6) is 11.5 Å². The molecule has 7 heteroatoms. The zero-order valence-corrected chi connectivity index (χ0v) is 17.4. The van der Waals surface area contributed by atoms with Crippen LogP contribution in [0.1, 0.15) is 28.8 Å². The molecule has 2 aromatic rings. The Hall–Kier alpha value is -2.77. The lowest BCUT2D eigenvalue weighted by molar-refractivity contribution is 0.0551. The largest absolute Gasteiger partial charge is 0.496 e. The van der Waals surface area contributed by atoms with E-state index in [1.807, 2.05) is 30.3 Å². The van der Waals surface area contributed by atoms with Gasteiger partial charge in [0.2, 0.25) is 0 Å². The smallest absolute Gasteiger partial charge is 0.252 e. The van der Waals surface area contributed by atoms with Crippen LogP contribution in [0.3, 0.4) is 0 Å². The molecule has 1 aliphatic rings. The molecular formula is C23H31N3O4. The quantitative estimate of drug-likeness (QED) is 0.543. The number of piperidine rings is 1. The number of aliphatic hydroxyl groups excluding tert-OH is 1. The summed E-state index contributed by atoms with van der Waals surface area (Å²) in [5.74, 6) is 1.12. The number of nitrogens with zero attached hydrogens (tertiary/aromatic N) is 1. The van der Waals surface area contributed by atoms with Gasteiger partial charge < -0.3 is 30.9 Å². The van der Waals surface area contributed by atoms with Crippen LogP contribution < -0.4 is 20.9 Å². The minimum atomic E-state index is -0.530. The summed E-state index contributed by atoms with van der Waals surface area (Å²) in [7, 11) is 1.50. The lowest BCUT2D eigenvalue weighted by atomic mass is 9.88. The number of anilines is 1. The molecule has 30 heavy (non-hydrogen) atoms. The highest BCUT2D eigenvalue weighted by atomic mass is 16.5. The number of hydrogen-bond donors (Lipinski definition) is 3. The van der Waals surface area contributed by atoms with Crippen molar-refractivity contribution in [3.8, 4) is 11.5 Å². The molecule has 2 aromatic carbocycles. The van der Waals surface area contributed by atoms with Gasteiger partial charge in [0.1, 0.15) is 24.2 Å². The van der Waals surface area contributed by atoms with Crippen molar-refractivity contribution in [3.63, 3.8) is 0 Å². The van der Waals surface area contributed by atoms with Gasteiger partial charge in [-0.05, 0) is 62.0 Å². The first kappa shape index (κ1) is 21.9. The Morgan fingerprint density at radius 2 is 1.93 bits per heavy atom. The molecular weight excluding hydrogens is 382 g/mol. The zero-order chi connectivity index (χ0) is 21.5. The first-order chi connectivity index (χ1) is 14.5. The van der Waals surface area contributed by atoms with Gasteiger partial charge in [-0.2, -0.15) is 0 Å². The standard InChI is InChI=1S/C23H31N3O4/c1-29-22-13-21(24)17(12-20(22)23(25)28)11-16-7-9-26(10-8-16)14-18(27)15-30-19-5-3-2-4-6-19/h2-6,12-13,16,18,27H,7-11,14-15,24H2,1H3,(H2,25,28). The summed E-state index contributed by atoms with van der Waals surface area (Å²) < 4.78 is 10.8. The van der Waals surface area contributed by atoms with E-state index < -0.39 is 12.0 Å². The fourth-order valence-electron chi connectivity index (χ4n) is 3.92. The van der Waals surface area contributed by atoms with Crippen molar-refractivity contribution in [2.24, 2.45) is 11.7 Å². The molecule has 1 unspecified atom stereocenters. The highest BCUT2D eigenvalue weighted by molar-refractivity contribution is 5.96. The SMILES string of the molecule is COc1cc(N)c(CC2CCN(CC(O)COc3ccccc3)CC2)cc1C(N)=O. The Morgan fingerprint density at radius 3 is 2.57 bits per heavy atom. The third kappa shape index (κ3) is 5.87. The van der Waals surface area contributed by atoms with E-state index in [2.05, 4.69) is 4.90 Å². The summed E-state index contributed by atoms with van der Waals surface area (Å²) in [6.45, 7) is 2.69.